The van der Waals surface area contributed by atoms with Gasteiger partial charge in [-0.05, 0) is 49.5 Å². The average molecular weight is 442 g/mol. The Hall–Kier alpha value is -2.67. The second-order valence-corrected chi connectivity index (χ2v) is 8.07. The zero-order valence-electron chi connectivity index (χ0n) is 16.5. The summed E-state index contributed by atoms with van der Waals surface area (Å²) in [5, 5.41) is 12.5. The van der Waals surface area contributed by atoms with Crippen LogP contribution < -0.4 is 10.2 Å². The third-order valence-corrected chi connectivity index (χ3v) is 5.62. The number of likely N-dealkylation sites (N-methyl/N-ethyl adjacent to an activating group) is 1. The highest BCUT2D eigenvalue weighted by Crippen LogP contribution is 2.25. The zero-order valence-corrected chi connectivity index (χ0v) is 18.0. The molecule has 1 saturated heterocycles. The van der Waals surface area contributed by atoms with E-state index < -0.39 is 0 Å². The summed E-state index contributed by atoms with van der Waals surface area (Å²) < 4.78 is 0. The Balaban J connectivity index is 1.48. The maximum absolute atomic E-state index is 12.6. The van der Waals surface area contributed by atoms with Crippen LogP contribution in [0.2, 0.25) is 10.0 Å². The van der Waals surface area contributed by atoms with Gasteiger partial charge in [0.15, 0.2) is 5.82 Å². The molecule has 4 rings (SSSR count). The molecule has 0 spiro atoms. The van der Waals surface area contributed by atoms with E-state index in [0.29, 0.717) is 21.3 Å². The smallest absolute Gasteiger partial charge is 0.257 e. The normalized spacial score (nSPS) is 14.6. The number of hydrogen-bond donors (Lipinski definition) is 1. The molecule has 0 atom stereocenters. The largest absolute Gasteiger partial charge is 0.353 e. The topological polar surface area (TPSA) is 61.4 Å². The van der Waals surface area contributed by atoms with Gasteiger partial charge in [-0.15, -0.1) is 10.2 Å². The molecule has 2 heterocycles. The van der Waals surface area contributed by atoms with Crippen LogP contribution in [-0.4, -0.2) is 54.2 Å². The lowest BCUT2D eigenvalue weighted by molar-refractivity contribution is 0.102. The molecule has 1 amide bonds. The SMILES string of the molecule is CN1CCN(c2ccc(-c3cccc(NC(=O)c4ccc(Cl)cc4Cl)c3)nn2)CC1. The maximum atomic E-state index is 12.6. The standard InChI is InChI=1S/C22H21Cl2N5O/c1-28-9-11-29(12-10-28)21-8-7-20(26-27-21)15-3-2-4-17(13-15)25-22(30)18-6-5-16(23)14-19(18)24/h2-8,13-14H,9-12H2,1H3,(H,25,30). The molecule has 0 bridgehead atoms. The molecule has 30 heavy (non-hydrogen) atoms. The third kappa shape index (κ3) is 4.73. The molecule has 1 aromatic heterocycles. The van der Waals surface area contributed by atoms with Gasteiger partial charge in [-0.1, -0.05) is 35.3 Å². The molecule has 0 aliphatic carbocycles. The Morgan fingerprint density at radius 2 is 1.77 bits per heavy atom. The van der Waals surface area contributed by atoms with Crippen molar-refractivity contribution in [1.29, 1.82) is 0 Å². The van der Waals surface area contributed by atoms with Crippen molar-refractivity contribution in [2.75, 3.05) is 43.4 Å². The highest BCUT2D eigenvalue weighted by molar-refractivity contribution is 6.37. The number of anilines is 2. The summed E-state index contributed by atoms with van der Waals surface area (Å²) in [4.78, 5) is 17.1. The van der Waals surface area contributed by atoms with Gasteiger partial charge in [0, 0.05) is 42.5 Å². The summed E-state index contributed by atoms with van der Waals surface area (Å²) >= 11 is 12.0. The fraction of sp³-hybridized carbons (Fsp3) is 0.227. The van der Waals surface area contributed by atoms with E-state index in [-0.39, 0.29) is 5.91 Å². The van der Waals surface area contributed by atoms with Crippen LogP contribution >= 0.6 is 23.2 Å². The monoisotopic (exact) mass is 441 g/mol. The lowest BCUT2D eigenvalue weighted by atomic mass is 10.1. The molecule has 1 aliphatic heterocycles. The van der Waals surface area contributed by atoms with E-state index in [1.807, 2.05) is 36.4 Å². The number of hydrogen-bond acceptors (Lipinski definition) is 5. The van der Waals surface area contributed by atoms with Gasteiger partial charge in [-0.2, -0.15) is 0 Å². The fourth-order valence-corrected chi connectivity index (χ4v) is 3.81. The number of benzene rings is 2. The molecule has 1 N–H and O–H groups in total. The molecule has 6 nitrogen and oxygen atoms in total. The molecule has 0 saturated carbocycles. The minimum absolute atomic E-state index is 0.301. The summed E-state index contributed by atoms with van der Waals surface area (Å²) in [6, 6.07) is 16.2. The first-order valence-electron chi connectivity index (χ1n) is 9.64. The molecular weight excluding hydrogens is 421 g/mol. The number of nitrogens with one attached hydrogen (secondary N) is 1. The Labute approximate surface area is 185 Å². The molecule has 8 heteroatoms. The number of rotatable bonds is 4. The molecule has 0 radical (unpaired) electrons. The lowest BCUT2D eigenvalue weighted by Gasteiger charge is -2.32. The Kier molecular flexibility index (Phi) is 6.18. The number of carbonyl (C=O) groups is 1. The van der Waals surface area contributed by atoms with E-state index >= 15 is 0 Å². The fourth-order valence-electron chi connectivity index (χ4n) is 3.31. The van der Waals surface area contributed by atoms with Gasteiger partial charge >= 0.3 is 0 Å². The number of halogens is 2. The van der Waals surface area contributed by atoms with Crippen LogP contribution in [0.25, 0.3) is 11.3 Å². The lowest BCUT2D eigenvalue weighted by Crippen LogP contribution is -2.44. The first-order valence-corrected chi connectivity index (χ1v) is 10.4. The van der Waals surface area contributed by atoms with Gasteiger partial charge < -0.3 is 15.1 Å². The summed E-state index contributed by atoms with van der Waals surface area (Å²) in [7, 11) is 2.12. The van der Waals surface area contributed by atoms with Crippen LogP contribution in [0, 0.1) is 0 Å². The van der Waals surface area contributed by atoms with Crippen molar-refractivity contribution in [3.8, 4) is 11.3 Å². The van der Waals surface area contributed by atoms with Crippen molar-refractivity contribution in [3.05, 3.63) is 70.2 Å². The van der Waals surface area contributed by atoms with Crippen LogP contribution in [0.15, 0.2) is 54.6 Å². The van der Waals surface area contributed by atoms with Crippen LogP contribution in [0.5, 0.6) is 0 Å². The number of carbonyl (C=O) groups excluding carboxylic acids is 1. The van der Waals surface area contributed by atoms with Crippen LogP contribution in [-0.2, 0) is 0 Å². The van der Waals surface area contributed by atoms with E-state index in [4.69, 9.17) is 23.2 Å². The Morgan fingerprint density at radius 3 is 2.47 bits per heavy atom. The van der Waals surface area contributed by atoms with Crippen LogP contribution in [0.1, 0.15) is 10.4 Å². The van der Waals surface area contributed by atoms with Crippen molar-refractivity contribution in [3.63, 3.8) is 0 Å². The van der Waals surface area contributed by atoms with E-state index in [1.54, 1.807) is 18.2 Å². The van der Waals surface area contributed by atoms with Gasteiger partial charge in [0.25, 0.3) is 5.91 Å². The van der Waals surface area contributed by atoms with Gasteiger partial charge in [-0.25, -0.2) is 0 Å². The van der Waals surface area contributed by atoms with Crippen LogP contribution in [0.4, 0.5) is 11.5 Å². The van der Waals surface area contributed by atoms with Gasteiger partial charge in [0.1, 0.15) is 0 Å². The molecule has 2 aromatic carbocycles. The summed E-state index contributed by atoms with van der Waals surface area (Å²) in [6.07, 6.45) is 0. The number of amides is 1. The Morgan fingerprint density at radius 1 is 0.967 bits per heavy atom. The second kappa shape index (κ2) is 9.00. The van der Waals surface area contributed by atoms with Crippen molar-refractivity contribution < 1.29 is 4.79 Å². The molecule has 1 fully saturated rings. The van der Waals surface area contributed by atoms with Gasteiger partial charge in [0.2, 0.25) is 0 Å². The van der Waals surface area contributed by atoms with E-state index in [9.17, 15) is 4.79 Å². The molecule has 154 valence electrons. The third-order valence-electron chi connectivity index (χ3n) is 5.07. The number of aromatic nitrogens is 2. The van der Waals surface area contributed by atoms with E-state index in [1.165, 1.54) is 0 Å². The number of piperazine rings is 1. The highest BCUT2D eigenvalue weighted by Gasteiger charge is 2.16. The molecule has 1 aliphatic rings. The molecule has 0 unspecified atom stereocenters. The summed E-state index contributed by atoms with van der Waals surface area (Å²) in [5.41, 5.74) is 2.62. The minimum Gasteiger partial charge on any atom is -0.353 e. The van der Waals surface area contributed by atoms with Crippen molar-refractivity contribution in [2.24, 2.45) is 0 Å². The Bertz CT molecular complexity index is 1050. The van der Waals surface area contributed by atoms with Gasteiger partial charge in [0.05, 0.1) is 16.3 Å². The molecule has 3 aromatic rings. The average Bonchev–Trinajstić information content (AvgIpc) is 2.74. The summed E-state index contributed by atoms with van der Waals surface area (Å²) in [6.45, 7) is 3.92. The quantitative estimate of drug-likeness (QED) is 0.647. The first-order chi connectivity index (χ1) is 14.5. The first kappa shape index (κ1) is 20.6. The van der Waals surface area contributed by atoms with Crippen molar-refractivity contribution in [1.82, 2.24) is 15.1 Å². The second-order valence-electron chi connectivity index (χ2n) is 7.23. The van der Waals surface area contributed by atoms with E-state index in [0.717, 1.165) is 43.3 Å². The van der Waals surface area contributed by atoms with Crippen molar-refractivity contribution >= 4 is 40.6 Å². The summed E-state index contributed by atoms with van der Waals surface area (Å²) in [5.74, 6) is 0.582. The molecular formula is C22H21Cl2N5O. The van der Waals surface area contributed by atoms with Crippen LogP contribution in [0.3, 0.4) is 0 Å². The van der Waals surface area contributed by atoms with Gasteiger partial charge in [-0.3, -0.25) is 4.79 Å². The van der Waals surface area contributed by atoms with Crippen molar-refractivity contribution in [2.45, 2.75) is 0 Å². The highest BCUT2D eigenvalue weighted by atomic mass is 35.5. The minimum atomic E-state index is -0.301. The maximum Gasteiger partial charge on any atom is 0.257 e. The van der Waals surface area contributed by atoms with E-state index in [2.05, 4.69) is 32.4 Å². The predicted octanol–water partition coefficient (Wildman–Crippen LogP) is 4.45. The zero-order chi connectivity index (χ0) is 21.1. The predicted molar refractivity (Wildman–Crippen MR) is 122 cm³/mol. The number of nitrogens with zero attached hydrogens (tertiary/aromatic N) is 4.